The molecule has 44 heavy (non-hydrogen) atoms. The molecule has 0 radical (unpaired) electrons. The lowest BCUT2D eigenvalue weighted by atomic mass is 9.77. The van der Waals surface area contributed by atoms with Gasteiger partial charge in [-0.1, -0.05) is 0 Å². The predicted molar refractivity (Wildman–Crippen MR) is 159 cm³/mol. The smallest absolute Gasteiger partial charge is 0.262 e. The number of rotatable bonds is 9. The number of hydrogen-bond donors (Lipinski definition) is 2. The summed E-state index contributed by atoms with van der Waals surface area (Å²) in [6.07, 6.45) is 10.2. The Bertz CT molecular complexity index is 1610. The highest BCUT2D eigenvalue weighted by atomic mass is 16.5. The third kappa shape index (κ3) is 5.43. The summed E-state index contributed by atoms with van der Waals surface area (Å²) in [6, 6.07) is 6.44. The highest BCUT2D eigenvalue weighted by Crippen LogP contribution is 2.40. The molecule has 0 bridgehead atoms. The van der Waals surface area contributed by atoms with E-state index in [1.165, 1.54) is 0 Å². The van der Waals surface area contributed by atoms with E-state index < -0.39 is 23.8 Å². The highest BCUT2D eigenvalue weighted by molar-refractivity contribution is 6.23. The van der Waals surface area contributed by atoms with E-state index in [1.54, 1.807) is 24.4 Å². The minimum atomic E-state index is -0.961. The summed E-state index contributed by atoms with van der Waals surface area (Å²) in [5, 5.41) is 10.2. The number of piperidine rings is 1. The molecule has 3 aromatic rings. The monoisotopic (exact) mass is 598 g/mol. The van der Waals surface area contributed by atoms with Crippen LogP contribution in [-0.2, 0) is 14.3 Å². The molecule has 1 saturated carbocycles. The molecule has 228 valence electrons. The molecule has 4 aliphatic rings. The molecule has 7 rings (SSSR count). The van der Waals surface area contributed by atoms with Gasteiger partial charge < -0.3 is 15.0 Å². The van der Waals surface area contributed by atoms with E-state index in [1.807, 2.05) is 12.3 Å². The number of carbonyl (C=O) groups is 4. The molecule has 1 aliphatic carbocycles. The average molecular weight is 599 g/mol. The highest BCUT2D eigenvalue weighted by Gasteiger charge is 2.44. The lowest BCUT2D eigenvalue weighted by Crippen LogP contribution is -2.54. The Morgan fingerprint density at radius 1 is 1.02 bits per heavy atom. The van der Waals surface area contributed by atoms with E-state index in [9.17, 15) is 19.2 Å². The first-order valence-corrected chi connectivity index (χ1v) is 15.2. The van der Waals surface area contributed by atoms with Gasteiger partial charge in [-0.3, -0.25) is 34.1 Å². The lowest BCUT2D eigenvalue weighted by Gasteiger charge is -2.35. The maximum Gasteiger partial charge on any atom is 0.262 e. The maximum atomic E-state index is 13.1. The fourth-order valence-corrected chi connectivity index (χ4v) is 6.45. The van der Waals surface area contributed by atoms with Gasteiger partial charge in [0.2, 0.25) is 17.8 Å². The fourth-order valence-electron chi connectivity index (χ4n) is 6.45. The van der Waals surface area contributed by atoms with Crippen LogP contribution >= 0.6 is 0 Å². The van der Waals surface area contributed by atoms with Crippen molar-refractivity contribution in [3.05, 3.63) is 54.0 Å². The van der Waals surface area contributed by atoms with Gasteiger partial charge in [0, 0.05) is 49.7 Å². The average Bonchev–Trinajstić information content (AvgIpc) is 3.60. The number of ether oxygens (including phenoxy) is 1. The molecular formula is C31H34N8O5. The Kier molecular flexibility index (Phi) is 7.54. The molecule has 3 aliphatic heterocycles. The number of nitrogens with zero attached hydrogens (tertiary/aromatic N) is 6. The number of anilines is 2. The summed E-state index contributed by atoms with van der Waals surface area (Å²) in [5.41, 5.74) is 3.18. The van der Waals surface area contributed by atoms with Crippen molar-refractivity contribution < 1.29 is 23.9 Å². The summed E-state index contributed by atoms with van der Waals surface area (Å²) in [5.74, 6) is -0.636. The largest absolute Gasteiger partial charge is 0.385 e. The third-order valence-corrected chi connectivity index (χ3v) is 8.98. The molecule has 1 atom stereocenters. The molecule has 13 nitrogen and oxygen atoms in total. The molecule has 1 unspecified atom stereocenters. The number of aromatic nitrogens is 4. The van der Waals surface area contributed by atoms with Crippen LogP contribution < -0.4 is 15.5 Å². The van der Waals surface area contributed by atoms with E-state index in [-0.39, 0.29) is 29.9 Å². The maximum absolute atomic E-state index is 13.1. The molecule has 3 fully saturated rings. The van der Waals surface area contributed by atoms with Crippen molar-refractivity contribution in [1.82, 2.24) is 30.0 Å². The fraction of sp³-hybridized carbons (Fsp3) is 0.452. The number of carbonyl (C=O) groups excluding carboxylic acids is 4. The van der Waals surface area contributed by atoms with Crippen LogP contribution in [0, 0.1) is 5.92 Å². The first-order chi connectivity index (χ1) is 21.4. The summed E-state index contributed by atoms with van der Waals surface area (Å²) in [7, 11) is 0. The molecule has 4 amide bonds. The zero-order valence-corrected chi connectivity index (χ0v) is 24.3. The Morgan fingerprint density at radius 2 is 1.84 bits per heavy atom. The number of hydrogen-bond acceptors (Lipinski definition) is 10. The summed E-state index contributed by atoms with van der Waals surface area (Å²) >= 11 is 0. The quantitative estimate of drug-likeness (QED) is 0.278. The van der Waals surface area contributed by atoms with E-state index in [0.717, 1.165) is 73.1 Å². The van der Waals surface area contributed by atoms with Gasteiger partial charge in [-0.15, -0.1) is 0 Å². The van der Waals surface area contributed by atoms with E-state index >= 15 is 0 Å². The van der Waals surface area contributed by atoms with Crippen molar-refractivity contribution >= 4 is 35.3 Å². The number of morpholine rings is 1. The third-order valence-electron chi connectivity index (χ3n) is 8.98. The summed E-state index contributed by atoms with van der Waals surface area (Å²) in [6.45, 7) is 3.70. The Balaban J connectivity index is 0.874. The predicted octanol–water partition coefficient (Wildman–Crippen LogP) is 2.42. The second-order valence-electron chi connectivity index (χ2n) is 11.8. The van der Waals surface area contributed by atoms with Crippen molar-refractivity contribution in [2.75, 3.05) is 43.1 Å². The van der Waals surface area contributed by atoms with Gasteiger partial charge in [0.25, 0.3) is 11.8 Å². The van der Waals surface area contributed by atoms with Crippen molar-refractivity contribution in [2.24, 2.45) is 5.92 Å². The van der Waals surface area contributed by atoms with Gasteiger partial charge in [-0.25, -0.2) is 9.97 Å². The number of amides is 4. The van der Waals surface area contributed by atoms with Gasteiger partial charge in [0.1, 0.15) is 6.04 Å². The van der Waals surface area contributed by atoms with Gasteiger partial charge in [-0.05, 0) is 62.3 Å². The van der Waals surface area contributed by atoms with Crippen LogP contribution in [0.15, 0.2) is 42.9 Å². The van der Waals surface area contributed by atoms with Crippen molar-refractivity contribution in [1.29, 1.82) is 0 Å². The molecule has 2 N–H and O–H groups in total. The Labute approximate surface area is 254 Å². The normalized spacial score (nSPS) is 23.4. The Morgan fingerprint density at radius 3 is 2.66 bits per heavy atom. The van der Waals surface area contributed by atoms with Crippen LogP contribution in [0.4, 0.5) is 11.6 Å². The standard InChI is InChI=1S/C31H34N8O5/c40-27-6-5-26(28(41)36-27)39-29(42)23-4-3-21(16-24(23)30(39)43)32-8-1-2-19-14-22(15-19)38-18-20(17-34-38)25-7-9-33-31(35-25)37-10-12-44-13-11-37/h3-4,7,9,16-19,22,26,32H,1-2,5-6,8,10-15H2,(H,36,40,41)/t19-,22-,26?. The van der Waals surface area contributed by atoms with E-state index in [0.29, 0.717) is 25.2 Å². The molecule has 2 saturated heterocycles. The summed E-state index contributed by atoms with van der Waals surface area (Å²) < 4.78 is 7.49. The van der Waals surface area contributed by atoms with Crippen molar-refractivity contribution in [2.45, 2.75) is 50.6 Å². The number of benzene rings is 1. The van der Waals surface area contributed by atoms with Crippen molar-refractivity contribution in [3.8, 4) is 11.3 Å². The minimum absolute atomic E-state index is 0.0981. The first-order valence-electron chi connectivity index (χ1n) is 15.2. The van der Waals surface area contributed by atoms with Crippen LogP contribution in [0.2, 0.25) is 0 Å². The van der Waals surface area contributed by atoms with Crippen LogP contribution in [-0.4, -0.2) is 87.2 Å². The van der Waals surface area contributed by atoms with E-state index in [4.69, 9.17) is 9.72 Å². The summed E-state index contributed by atoms with van der Waals surface area (Å²) in [4.78, 5) is 62.1. The van der Waals surface area contributed by atoms with Gasteiger partial charge in [0.15, 0.2) is 0 Å². The molecule has 1 aromatic carbocycles. The first kappa shape index (κ1) is 28.1. The second kappa shape index (κ2) is 11.8. The molecular weight excluding hydrogens is 564 g/mol. The van der Waals surface area contributed by atoms with Crippen LogP contribution in [0.25, 0.3) is 11.3 Å². The van der Waals surface area contributed by atoms with Gasteiger partial charge in [-0.2, -0.15) is 5.10 Å². The SMILES string of the molecule is O=C1CCC(N2C(=O)c3ccc(NCCC[C@H]4C[C@H](n5cc(-c6ccnc(N7CCOCC7)n6)cn5)C4)cc3C2=O)C(=O)N1. The lowest BCUT2D eigenvalue weighted by molar-refractivity contribution is -0.136. The molecule has 0 spiro atoms. The number of nitrogens with one attached hydrogen (secondary N) is 2. The topological polar surface area (TPSA) is 152 Å². The second-order valence-corrected chi connectivity index (χ2v) is 11.8. The van der Waals surface area contributed by atoms with Gasteiger partial charge >= 0.3 is 0 Å². The van der Waals surface area contributed by atoms with Crippen LogP contribution in [0.5, 0.6) is 0 Å². The zero-order valence-electron chi connectivity index (χ0n) is 24.3. The minimum Gasteiger partial charge on any atom is -0.385 e. The number of imide groups is 2. The van der Waals surface area contributed by atoms with E-state index in [2.05, 4.69) is 36.5 Å². The molecule has 13 heteroatoms. The zero-order chi connectivity index (χ0) is 30.2. The number of fused-ring (bicyclic) bond motifs is 1. The van der Waals surface area contributed by atoms with Crippen LogP contribution in [0.3, 0.4) is 0 Å². The molecule has 2 aromatic heterocycles. The Hall–Kier alpha value is -4.65. The van der Waals surface area contributed by atoms with Gasteiger partial charge in [0.05, 0.1) is 42.3 Å². The van der Waals surface area contributed by atoms with Crippen molar-refractivity contribution in [3.63, 3.8) is 0 Å². The molecule has 5 heterocycles. The van der Waals surface area contributed by atoms with Crippen LogP contribution in [0.1, 0.15) is 65.3 Å².